The fourth-order valence-corrected chi connectivity index (χ4v) is 1.55. The lowest BCUT2D eigenvalue weighted by Gasteiger charge is -2.31. The summed E-state index contributed by atoms with van der Waals surface area (Å²) in [5.41, 5.74) is 0. The third-order valence-electron chi connectivity index (χ3n) is 2.76. The highest BCUT2D eigenvalue weighted by Gasteiger charge is 2.21. The quantitative estimate of drug-likeness (QED) is 0.676. The van der Waals surface area contributed by atoms with E-state index in [4.69, 9.17) is 0 Å². The Hall–Kier alpha value is -1.26. The van der Waals surface area contributed by atoms with Crippen LogP contribution >= 0.6 is 0 Å². The summed E-state index contributed by atoms with van der Waals surface area (Å²) in [6.45, 7) is 4.96. The molecular formula is C10H17N2O3-. The van der Waals surface area contributed by atoms with E-state index in [9.17, 15) is 14.7 Å². The van der Waals surface area contributed by atoms with Crippen molar-refractivity contribution in [3.63, 3.8) is 0 Å². The molecule has 1 aliphatic heterocycles. The van der Waals surface area contributed by atoms with Crippen LogP contribution in [0.5, 0.6) is 0 Å². The van der Waals surface area contributed by atoms with Gasteiger partial charge in [0.25, 0.3) is 0 Å². The van der Waals surface area contributed by atoms with Gasteiger partial charge in [-0.2, -0.15) is 0 Å². The van der Waals surface area contributed by atoms with Crippen molar-refractivity contribution in [2.24, 2.45) is 5.92 Å². The van der Waals surface area contributed by atoms with E-state index < -0.39 is 12.0 Å². The van der Waals surface area contributed by atoms with Crippen LogP contribution in [0, 0.1) is 5.92 Å². The molecule has 0 radical (unpaired) electrons. The van der Waals surface area contributed by atoms with Gasteiger partial charge in [0.15, 0.2) is 0 Å². The zero-order valence-electron chi connectivity index (χ0n) is 9.16. The first kappa shape index (κ1) is 11.8. The van der Waals surface area contributed by atoms with E-state index in [1.807, 2.05) is 0 Å². The number of aliphatic carboxylic acids is 1. The smallest absolute Gasteiger partial charge is 0.317 e. The van der Waals surface area contributed by atoms with E-state index in [-0.39, 0.29) is 6.03 Å². The van der Waals surface area contributed by atoms with Gasteiger partial charge in [-0.3, -0.25) is 0 Å². The minimum absolute atomic E-state index is 0.307. The Kier molecular flexibility index (Phi) is 3.94. The summed E-state index contributed by atoms with van der Waals surface area (Å²) in [6.07, 6.45) is 1.96. The third kappa shape index (κ3) is 3.42. The van der Waals surface area contributed by atoms with Crippen LogP contribution < -0.4 is 10.4 Å². The molecule has 0 bridgehead atoms. The van der Waals surface area contributed by atoms with Gasteiger partial charge in [0.1, 0.15) is 0 Å². The van der Waals surface area contributed by atoms with Gasteiger partial charge in [-0.15, -0.1) is 0 Å². The number of likely N-dealkylation sites (tertiary alicyclic amines) is 1. The molecule has 0 unspecified atom stereocenters. The number of carboxylic acid groups (broad SMARTS) is 1. The standard InChI is InChI=1S/C10H18N2O3/c1-7-3-5-12(6-4-7)10(15)11-8(2)9(13)14/h7-8H,3-6H2,1-2H3,(H,11,15)(H,13,14)/p-1/t8-/m0/s1. The number of carbonyl (C=O) groups excluding carboxylic acids is 2. The average molecular weight is 213 g/mol. The molecule has 0 aliphatic carbocycles. The molecule has 0 aromatic rings. The molecule has 1 N–H and O–H groups in total. The summed E-state index contributed by atoms with van der Waals surface area (Å²) in [5.74, 6) is -0.610. The molecule has 0 aromatic heterocycles. The molecule has 86 valence electrons. The molecule has 1 saturated heterocycles. The summed E-state index contributed by atoms with van der Waals surface area (Å²) in [4.78, 5) is 23.6. The highest BCUT2D eigenvalue weighted by molar-refractivity contribution is 5.81. The number of rotatable bonds is 2. The van der Waals surface area contributed by atoms with Crippen LogP contribution in [0.25, 0.3) is 0 Å². The third-order valence-corrected chi connectivity index (χ3v) is 2.76. The lowest BCUT2D eigenvalue weighted by Crippen LogP contribution is -2.52. The molecule has 0 saturated carbocycles. The van der Waals surface area contributed by atoms with Gasteiger partial charge in [-0.05, 0) is 25.7 Å². The van der Waals surface area contributed by atoms with E-state index in [0.717, 1.165) is 12.8 Å². The Morgan fingerprint density at radius 3 is 2.40 bits per heavy atom. The van der Waals surface area contributed by atoms with Crippen molar-refractivity contribution < 1.29 is 14.7 Å². The minimum Gasteiger partial charge on any atom is -0.548 e. The van der Waals surface area contributed by atoms with Gasteiger partial charge in [0.05, 0.1) is 12.0 Å². The Morgan fingerprint density at radius 1 is 1.40 bits per heavy atom. The Labute approximate surface area is 89.4 Å². The summed E-state index contributed by atoms with van der Waals surface area (Å²) in [7, 11) is 0. The van der Waals surface area contributed by atoms with E-state index in [1.54, 1.807) is 4.90 Å². The number of piperidine rings is 1. The van der Waals surface area contributed by atoms with Crippen molar-refractivity contribution in [2.45, 2.75) is 32.7 Å². The van der Waals surface area contributed by atoms with Crippen molar-refractivity contribution in [1.82, 2.24) is 10.2 Å². The maximum absolute atomic E-state index is 11.5. The summed E-state index contributed by atoms with van der Waals surface area (Å²) in [6, 6.07) is -1.24. The molecule has 0 spiro atoms. The predicted molar refractivity (Wildman–Crippen MR) is 53.0 cm³/mol. The maximum Gasteiger partial charge on any atom is 0.317 e. The minimum atomic E-state index is -1.26. The largest absolute Gasteiger partial charge is 0.548 e. The average Bonchev–Trinajstić information content (AvgIpc) is 2.18. The first-order valence-corrected chi connectivity index (χ1v) is 5.27. The van der Waals surface area contributed by atoms with Gasteiger partial charge >= 0.3 is 6.03 Å². The van der Waals surface area contributed by atoms with Gasteiger partial charge in [0.2, 0.25) is 0 Å². The summed E-state index contributed by atoms with van der Waals surface area (Å²) < 4.78 is 0. The number of carboxylic acids is 1. The molecule has 1 rings (SSSR count). The van der Waals surface area contributed by atoms with Crippen LogP contribution in [-0.4, -0.2) is 36.0 Å². The number of hydrogen-bond donors (Lipinski definition) is 1. The molecule has 1 heterocycles. The molecule has 1 atom stereocenters. The Morgan fingerprint density at radius 2 is 1.93 bits per heavy atom. The van der Waals surface area contributed by atoms with E-state index in [1.165, 1.54) is 6.92 Å². The number of nitrogens with zero attached hydrogens (tertiary/aromatic N) is 1. The molecule has 5 heteroatoms. The van der Waals surface area contributed by atoms with E-state index >= 15 is 0 Å². The van der Waals surface area contributed by atoms with Gasteiger partial charge in [-0.1, -0.05) is 6.92 Å². The molecule has 15 heavy (non-hydrogen) atoms. The Bertz CT molecular complexity index is 247. The number of urea groups is 1. The van der Waals surface area contributed by atoms with Crippen molar-refractivity contribution in [2.75, 3.05) is 13.1 Å². The lowest BCUT2D eigenvalue weighted by molar-refractivity contribution is -0.307. The first-order valence-electron chi connectivity index (χ1n) is 5.27. The lowest BCUT2D eigenvalue weighted by atomic mass is 10.00. The number of carbonyl (C=O) groups is 2. The van der Waals surface area contributed by atoms with Crippen molar-refractivity contribution in [3.8, 4) is 0 Å². The van der Waals surface area contributed by atoms with Crippen LogP contribution in [0.4, 0.5) is 4.79 Å². The van der Waals surface area contributed by atoms with Crippen LogP contribution in [-0.2, 0) is 4.79 Å². The molecule has 5 nitrogen and oxygen atoms in total. The fourth-order valence-electron chi connectivity index (χ4n) is 1.55. The van der Waals surface area contributed by atoms with Crippen LogP contribution in [0.1, 0.15) is 26.7 Å². The molecule has 2 amide bonds. The SMILES string of the molecule is CC1CCN(C(=O)N[C@@H](C)C(=O)[O-])CC1. The Balaban J connectivity index is 2.37. The second kappa shape index (κ2) is 5.00. The summed E-state index contributed by atoms with van der Waals surface area (Å²) >= 11 is 0. The van der Waals surface area contributed by atoms with Gasteiger partial charge in [-0.25, -0.2) is 4.79 Å². The van der Waals surface area contributed by atoms with Crippen molar-refractivity contribution >= 4 is 12.0 Å². The molecule has 1 fully saturated rings. The fraction of sp³-hybridized carbons (Fsp3) is 0.800. The van der Waals surface area contributed by atoms with E-state index in [0.29, 0.717) is 19.0 Å². The van der Waals surface area contributed by atoms with Crippen molar-refractivity contribution in [3.05, 3.63) is 0 Å². The van der Waals surface area contributed by atoms with Crippen molar-refractivity contribution in [1.29, 1.82) is 0 Å². The normalized spacial score (nSPS) is 19.7. The van der Waals surface area contributed by atoms with Crippen LogP contribution in [0.15, 0.2) is 0 Å². The number of hydrogen-bond acceptors (Lipinski definition) is 3. The zero-order chi connectivity index (χ0) is 11.4. The zero-order valence-corrected chi connectivity index (χ0v) is 9.16. The van der Waals surface area contributed by atoms with Crippen LogP contribution in [0.3, 0.4) is 0 Å². The molecular weight excluding hydrogens is 196 g/mol. The predicted octanol–water partition coefficient (Wildman–Crippen LogP) is -0.434. The first-order chi connectivity index (χ1) is 7.00. The van der Waals surface area contributed by atoms with E-state index in [2.05, 4.69) is 12.2 Å². The highest BCUT2D eigenvalue weighted by atomic mass is 16.4. The molecule has 0 aromatic carbocycles. The van der Waals surface area contributed by atoms with Gasteiger partial charge < -0.3 is 20.1 Å². The second-order valence-electron chi connectivity index (χ2n) is 4.16. The van der Waals surface area contributed by atoms with Gasteiger partial charge in [0, 0.05) is 13.1 Å². The number of amides is 2. The van der Waals surface area contributed by atoms with Crippen LogP contribution in [0.2, 0.25) is 0 Å². The monoisotopic (exact) mass is 213 g/mol. The second-order valence-corrected chi connectivity index (χ2v) is 4.16. The maximum atomic E-state index is 11.5. The number of nitrogens with one attached hydrogen (secondary N) is 1. The topological polar surface area (TPSA) is 72.5 Å². The molecule has 1 aliphatic rings. The highest BCUT2D eigenvalue weighted by Crippen LogP contribution is 2.15. The summed E-state index contributed by atoms with van der Waals surface area (Å²) in [5, 5.41) is 12.8.